The Kier molecular flexibility index (Phi) is 8.96. The topological polar surface area (TPSA) is 174 Å². The van der Waals surface area contributed by atoms with Crippen LogP contribution in [0.1, 0.15) is 58.5 Å². The Morgan fingerprint density at radius 3 is 2.09 bits per heavy atom. The highest BCUT2D eigenvalue weighted by Crippen LogP contribution is 2.27. The van der Waals surface area contributed by atoms with Crippen LogP contribution in [0.2, 0.25) is 0 Å². The van der Waals surface area contributed by atoms with Gasteiger partial charge in [0.1, 0.15) is 29.5 Å². The van der Waals surface area contributed by atoms with E-state index in [2.05, 4.69) is 19.4 Å². The van der Waals surface area contributed by atoms with Gasteiger partial charge in [-0.2, -0.15) is 0 Å². The van der Waals surface area contributed by atoms with E-state index in [0.717, 1.165) is 20.4 Å². The van der Waals surface area contributed by atoms with Crippen LogP contribution in [0.25, 0.3) is 0 Å². The van der Waals surface area contributed by atoms with Crippen LogP contribution in [0.5, 0.6) is 0 Å². The first-order valence-electron chi connectivity index (χ1n) is 9.69. The third kappa shape index (κ3) is 8.43. The summed E-state index contributed by atoms with van der Waals surface area (Å²) < 4.78 is 19.5. The van der Waals surface area contributed by atoms with Gasteiger partial charge in [0.15, 0.2) is 5.82 Å². The van der Waals surface area contributed by atoms with Crippen LogP contribution in [-0.2, 0) is 44.5 Å². The van der Waals surface area contributed by atoms with E-state index < -0.39 is 58.0 Å². The summed E-state index contributed by atoms with van der Waals surface area (Å²) in [4.78, 5) is 66.7. The Morgan fingerprint density at radius 1 is 1.00 bits per heavy atom. The van der Waals surface area contributed by atoms with Crippen molar-refractivity contribution < 1.29 is 43.0 Å². The molecule has 0 fully saturated rings. The van der Waals surface area contributed by atoms with Crippen molar-refractivity contribution >= 4 is 29.6 Å². The molecule has 1 atom stereocenters. The highest BCUT2D eigenvalue weighted by molar-refractivity contribution is 6.00. The normalized spacial score (nSPS) is 12.3. The quantitative estimate of drug-likeness (QED) is 0.167. The van der Waals surface area contributed by atoms with E-state index in [1.807, 2.05) is 0 Å². The van der Waals surface area contributed by atoms with E-state index in [1.54, 1.807) is 20.8 Å². The summed E-state index contributed by atoms with van der Waals surface area (Å²) >= 11 is 0. The minimum Gasteiger partial charge on any atom is -0.469 e. The van der Waals surface area contributed by atoms with Crippen molar-refractivity contribution in [3.63, 3.8) is 0 Å². The van der Waals surface area contributed by atoms with Crippen LogP contribution in [0.4, 0.5) is 5.69 Å². The van der Waals surface area contributed by atoms with Crippen LogP contribution < -0.4 is 0 Å². The number of nitrogens with zero attached hydrogens (tertiary/aromatic N) is 3. The third-order valence-electron chi connectivity index (χ3n) is 3.90. The van der Waals surface area contributed by atoms with E-state index in [1.165, 1.54) is 13.8 Å². The van der Waals surface area contributed by atoms with Gasteiger partial charge >= 0.3 is 29.6 Å². The number of nitro groups is 1. The van der Waals surface area contributed by atoms with Crippen molar-refractivity contribution in [2.75, 3.05) is 14.2 Å². The summed E-state index contributed by atoms with van der Waals surface area (Å²) in [6.07, 6.45) is -0.113. The molecule has 1 unspecified atom stereocenters. The van der Waals surface area contributed by atoms with Gasteiger partial charge in [-0.25, -0.2) is 9.97 Å². The van der Waals surface area contributed by atoms with Crippen LogP contribution in [-0.4, -0.2) is 64.2 Å². The van der Waals surface area contributed by atoms with Gasteiger partial charge < -0.3 is 18.9 Å². The molecule has 0 N–H and O–H groups in total. The van der Waals surface area contributed by atoms with Gasteiger partial charge in [-0.3, -0.25) is 29.3 Å². The summed E-state index contributed by atoms with van der Waals surface area (Å²) in [7, 11) is 2.16. The molecule has 0 aliphatic carbocycles. The Morgan fingerprint density at radius 2 is 1.61 bits per heavy atom. The molecule has 1 heterocycles. The van der Waals surface area contributed by atoms with Crippen molar-refractivity contribution in [1.29, 1.82) is 0 Å². The minimum absolute atomic E-state index is 0.210. The average Bonchev–Trinajstić information content (AvgIpc) is 2.65. The smallest absolute Gasteiger partial charge is 0.328 e. The molecule has 1 aromatic rings. The van der Waals surface area contributed by atoms with Gasteiger partial charge in [-0.1, -0.05) is 0 Å². The number of esters is 4. The van der Waals surface area contributed by atoms with E-state index >= 15 is 0 Å². The first-order valence-corrected chi connectivity index (χ1v) is 9.69. The van der Waals surface area contributed by atoms with Gasteiger partial charge in [0.2, 0.25) is 5.92 Å². The summed E-state index contributed by atoms with van der Waals surface area (Å²) in [6.45, 7) is 7.66. The van der Waals surface area contributed by atoms with E-state index in [-0.39, 0.29) is 17.9 Å². The zero-order valence-corrected chi connectivity index (χ0v) is 19.5. The van der Waals surface area contributed by atoms with Crippen molar-refractivity contribution in [2.24, 2.45) is 0 Å². The van der Waals surface area contributed by atoms with Crippen molar-refractivity contribution in [3.8, 4) is 0 Å². The molecule has 1 aromatic heterocycles. The molecule has 0 saturated heterocycles. The van der Waals surface area contributed by atoms with E-state index in [9.17, 15) is 29.3 Å². The summed E-state index contributed by atoms with van der Waals surface area (Å²) in [5.41, 5.74) is -3.03. The number of ether oxygens (including phenoxy) is 4. The monoisotopic (exact) mass is 469 g/mol. The maximum Gasteiger partial charge on any atom is 0.328 e. The number of rotatable bonds is 9. The molecule has 0 aliphatic rings. The van der Waals surface area contributed by atoms with Crippen molar-refractivity contribution in [3.05, 3.63) is 27.8 Å². The summed E-state index contributed by atoms with van der Waals surface area (Å²) in [5, 5.41) is 11.5. The lowest BCUT2D eigenvalue weighted by Gasteiger charge is -2.25. The van der Waals surface area contributed by atoms with E-state index in [4.69, 9.17) is 9.47 Å². The predicted octanol–water partition coefficient (Wildman–Crippen LogP) is 1.41. The fraction of sp³-hybridized carbons (Fsp3) is 0.600. The first kappa shape index (κ1) is 27.4. The fourth-order valence-corrected chi connectivity index (χ4v) is 2.61. The number of hydrogen-bond donors (Lipinski definition) is 0. The van der Waals surface area contributed by atoms with Crippen LogP contribution in [0.3, 0.4) is 0 Å². The summed E-state index contributed by atoms with van der Waals surface area (Å²) in [5.74, 6) is -5.83. The second-order valence-electron chi connectivity index (χ2n) is 8.47. The maximum atomic E-state index is 12.6. The molecule has 0 bridgehead atoms. The van der Waals surface area contributed by atoms with Crippen molar-refractivity contribution in [2.45, 2.75) is 64.6 Å². The molecular weight excluding hydrogens is 442 g/mol. The molecule has 0 amide bonds. The molecule has 0 radical (unpaired) electrons. The Labute approximate surface area is 189 Å². The van der Waals surface area contributed by atoms with Gasteiger partial charge in [0.25, 0.3) is 0 Å². The maximum absolute atomic E-state index is 12.6. The number of carbonyl (C=O) groups is 4. The molecule has 13 heteroatoms. The SMILES string of the molecule is COC(=O)CC(=O)OC(C)(C)Cc1nc(C(C(=O)OC)C(=O)OC(C)(C)C)ncc1[N+](=O)[O-]. The molecule has 13 nitrogen and oxygen atoms in total. The fourth-order valence-electron chi connectivity index (χ4n) is 2.61. The lowest BCUT2D eigenvalue weighted by molar-refractivity contribution is -0.386. The molecule has 0 spiro atoms. The molecular formula is C20H27N3O10. The molecule has 0 aliphatic heterocycles. The standard InChI is InChI=1S/C20H27N3O10/c1-19(2,3)33-18(27)15(17(26)31-7)16-21-10-12(23(28)29)11(22-16)9-20(4,5)32-14(25)8-13(24)30-6/h10,15H,8-9H2,1-7H3. The number of aromatic nitrogens is 2. The highest BCUT2D eigenvalue weighted by atomic mass is 16.6. The van der Waals surface area contributed by atoms with Crippen LogP contribution >= 0.6 is 0 Å². The number of carbonyl (C=O) groups excluding carboxylic acids is 4. The first-order chi connectivity index (χ1) is 15.1. The molecule has 0 aromatic carbocycles. The lowest BCUT2D eigenvalue weighted by atomic mass is 10.0. The Bertz CT molecular complexity index is 937. The van der Waals surface area contributed by atoms with Crippen LogP contribution in [0.15, 0.2) is 6.20 Å². The van der Waals surface area contributed by atoms with Gasteiger partial charge in [0.05, 0.1) is 19.1 Å². The second-order valence-corrected chi connectivity index (χ2v) is 8.47. The summed E-state index contributed by atoms with van der Waals surface area (Å²) in [6, 6.07) is 0. The minimum atomic E-state index is -1.70. The molecule has 1 rings (SSSR count). The average molecular weight is 469 g/mol. The third-order valence-corrected chi connectivity index (χ3v) is 3.90. The Balaban J connectivity index is 3.36. The number of hydrogen-bond acceptors (Lipinski definition) is 12. The second kappa shape index (κ2) is 10.8. The molecule has 182 valence electrons. The molecule has 0 saturated carbocycles. The lowest BCUT2D eigenvalue weighted by Crippen LogP contribution is -2.34. The Hall–Kier alpha value is -3.64. The zero-order chi connectivity index (χ0) is 25.6. The zero-order valence-electron chi connectivity index (χ0n) is 19.5. The molecule has 33 heavy (non-hydrogen) atoms. The van der Waals surface area contributed by atoms with E-state index in [0.29, 0.717) is 0 Å². The van der Waals surface area contributed by atoms with Gasteiger partial charge in [0, 0.05) is 6.42 Å². The predicted molar refractivity (Wildman–Crippen MR) is 110 cm³/mol. The largest absolute Gasteiger partial charge is 0.469 e. The van der Waals surface area contributed by atoms with Gasteiger partial charge in [-0.05, 0) is 34.6 Å². The highest BCUT2D eigenvalue weighted by Gasteiger charge is 2.38. The van der Waals surface area contributed by atoms with Gasteiger partial charge in [-0.15, -0.1) is 0 Å². The van der Waals surface area contributed by atoms with Crippen molar-refractivity contribution in [1.82, 2.24) is 9.97 Å². The number of methoxy groups -OCH3 is 2. The van der Waals surface area contributed by atoms with Crippen LogP contribution in [0, 0.1) is 10.1 Å².